The number of carbonyl (C=O) groups is 1. The lowest BCUT2D eigenvalue weighted by Gasteiger charge is -2.25. The lowest BCUT2D eigenvalue weighted by Crippen LogP contribution is -2.38. The monoisotopic (exact) mass is 250 g/mol. The van der Waals surface area contributed by atoms with Crippen LogP contribution in [0.4, 0.5) is 5.82 Å². The van der Waals surface area contributed by atoms with Crippen molar-refractivity contribution in [1.82, 2.24) is 15.3 Å². The van der Waals surface area contributed by atoms with Crippen molar-refractivity contribution in [2.24, 2.45) is 0 Å². The normalized spacial score (nSPS) is 23.4. The molecule has 0 aromatic carbocycles. The van der Waals surface area contributed by atoms with Gasteiger partial charge >= 0.3 is 0 Å². The Kier molecular flexibility index (Phi) is 4.09. The van der Waals surface area contributed by atoms with Gasteiger partial charge in [-0.15, -0.1) is 0 Å². The molecule has 0 saturated heterocycles. The highest BCUT2D eigenvalue weighted by molar-refractivity contribution is 5.92. The third-order valence-corrected chi connectivity index (χ3v) is 3.17. The third kappa shape index (κ3) is 3.16. The predicted octanol–water partition coefficient (Wildman–Crippen LogP) is 0.552. The molecule has 6 heteroatoms. The summed E-state index contributed by atoms with van der Waals surface area (Å²) in [5.74, 6) is 0.430. The van der Waals surface area contributed by atoms with Gasteiger partial charge in [0.25, 0.3) is 5.91 Å². The maximum absolute atomic E-state index is 11.9. The van der Waals surface area contributed by atoms with Crippen molar-refractivity contribution in [2.45, 2.75) is 37.8 Å². The van der Waals surface area contributed by atoms with Crippen LogP contribution in [0.25, 0.3) is 0 Å². The van der Waals surface area contributed by atoms with Crippen molar-refractivity contribution in [3.63, 3.8) is 0 Å². The molecule has 1 fully saturated rings. The van der Waals surface area contributed by atoms with Crippen LogP contribution in [-0.4, -0.2) is 40.2 Å². The molecule has 6 nitrogen and oxygen atoms in total. The number of rotatable bonds is 3. The van der Waals surface area contributed by atoms with Crippen LogP contribution in [0.1, 0.15) is 36.2 Å². The third-order valence-electron chi connectivity index (χ3n) is 3.17. The van der Waals surface area contributed by atoms with E-state index in [1.165, 1.54) is 12.4 Å². The fourth-order valence-corrected chi connectivity index (χ4v) is 2.05. The molecular weight excluding hydrogens is 232 g/mol. The van der Waals surface area contributed by atoms with Gasteiger partial charge in [0.1, 0.15) is 11.5 Å². The number of aliphatic hydroxyl groups is 1. The number of hydrogen-bond donors (Lipinski definition) is 3. The fourth-order valence-electron chi connectivity index (χ4n) is 2.05. The van der Waals surface area contributed by atoms with Gasteiger partial charge in [-0.2, -0.15) is 0 Å². The van der Waals surface area contributed by atoms with Gasteiger partial charge in [-0.1, -0.05) is 0 Å². The first-order valence-corrected chi connectivity index (χ1v) is 6.17. The molecule has 18 heavy (non-hydrogen) atoms. The van der Waals surface area contributed by atoms with E-state index in [4.69, 9.17) is 0 Å². The first-order valence-electron chi connectivity index (χ1n) is 6.17. The Hall–Kier alpha value is -1.69. The van der Waals surface area contributed by atoms with Crippen molar-refractivity contribution in [3.8, 4) is 0 Å². The van der Waals surface area contributed by atoms with Crippen LogP contribution >= 0.6 is 0 Å². The Bertz CT molecular complexity index is 399. The summed E-state index contributed by atoms with van der Waals surface area (Å²) in [6.45, 7) is 0. The molecule has 1 amide bonds. The average molecular weight is 250 g/mol. The number of aliphatic hydroxyl groups excluding tert-OH is 1. The Morgan fingerprint density at radius 3 is 2.56 bits per heavy atom. The number of nitrogens with zero attached hydrogens (tertiary/aromatic N) is 2. The first kappa shape index (κ1) is 12.8. The molecule has 0 spiro atoms. The highest BCUT2D eigenvalue weighted by Gasteiger charge is 2.21. The summed E-state index contributed by atoms with van der Waals surface area (Å²) in [6, 6.07) is 0.131. The molecular formula is C12H18N4O2. The van der Waals surface area contributed by atoms with E-state index < -0.39 is 0 Å². The molecule has 98 valence electrons. The SMILES string of the molecule is CNc1cnc(C(=O)NC2CCC(O)CC2)cn1. The van der Waals surface area contributed by atoms with Crippen LogP contribution in [0.15, 0.2) is 12.4 Å². The molecule has 1 aromatic rings. The quantitative estimate of drug-likeness (QED) is 0.729. The second kappa shape index (κ2) is 5.77. The summed E-state index contributed by atoms with van der Waals surface area (Å²) in [5.41, 5.74) is 0.320. The van der Waals surface area contributed by atoms with Gasteiger partial charge in [-0.3, -0.25) is 4.79 Å². The van der Waals surface area contributed by atoms with E-state index in [9.17, 15) is 9.90 Å². The smallest absolute Gasteiger partial charge is 0.271 e. The minimum absolute atomic E-state index is 0.131. The molecule has 1 heterocycles. The van der Waals surface area contributed by atoms with E-state index in [-0.39, 0.29) is 18.1 Å². The average Bonchev–Trinajstić information content (AvgIpc) is 2.41. The zero-order valence-corrected chi connectivity index (χ0v) is 10.4. The molecule has 1 aliphatic carbocycles. The number of anilines is 1. The number of hydrogen-bond acceptors (Lipinski definition) is 5. The molecule has 0 unspecified atom stereocenters. The second-order valence-corrected chi connectivity index (χ2v) is 4.52. The van der Waals surface area contributed by atoms with E-state index in [1.54, 1.807) is 7.05 Å². The van der Waals surface area contributed by atoms with Crippen LogP contribution in [0.5, 0.6) is 0 Å². The van der Waals surface area contributed by atoms with Crippen molar-refractivity contribution >= 4 is 11.7 Å². The number of aromatic nitrogens is 2. The molecule has 1 aromatic heterocycles. The number of carbonyl (C=O) groups excluding carboxylic acids is 1. The lowest BCUT2D eigenvalue weighted by molar-refractivity contribution is 0.0863. The molecule has 2 rings (SSSR count). The van der Waals surface area contributed by atoms with Crippen LogP contribution in [0.3, 0.4) is 0 Å². The van der Waals surface area contributed by atoms with Gasteiger partial charge in [-0.05, 0) is 25.7 Å². The molecule has 0 aliphatic heterocycles. The van der Waals surface area contributed by atoms with E-state index in [0.29, 0.717) is 11.5 Å². The van der Waals surface area contributed by atoms with E-state index in [2.05, 4.69) is 20.6 Å². The Morgan fingerprint density at radius 2 is 2.00 bits per heavy atom. The minimum atomic E-state index is -0.215. The molecule has 1 saturated carbocycles. The summed E-state index contributed by atoms with van der Waals surface area (Å²) in [7, 11) is 1.75. The molecule has 0 atom stereocenters. The lowest BCUT2D eigenvalue weighted by atomic mass is 9.93. The van der Waals surface area contributed by atoms with Gasteiger partial charge in [0, 0.05) is 13.1 Å². The molecule has 0 bridgehead atoms. The fraction of sp³-hybridized carbons (Fsp3) is 0.583. The van der Waals surface area contributed by atoms with Gasteiger partial charge in [-0.25, -0.2) is 9.97 Å². The Morgan fingerprint density at radius 1 is 1.28 bits per heavy atom. The van der Waals surface area contributed by atoms with Gasteiger partial charge in [0.15, 0.2) is 0 Å². The highest BCUT2D eigenvalue weighted by Crippen LogP contribution is 2.18. The van der Waals surface area contributed by atoms with E-state index in [0.717, 1.165) is 25.7 Å². The summed E-state index contributed by atoms with van der Waals surface area (Å²) in [4.78, 5) is 20.0. The zero-order chi connectivity index (χ0) is 13.0. The van der Waals surface area contributed by atoms with Crippen molar-refractivity contribution in [2.75, 3.05) is 12.4 Å². The van der Waals surface area contributed by atoms with Crippen LogP contribution < -0.4 is 10.6 Å². The Labute approximate surface area is 106 Å². The summed E-state index contributed by atoms with van der Waals surface area (Å²) in [6.07, 6.45) is 5.89. The zero-order valence-electron chi connectivity index (χ0n) is 10.4. The largest absolute Gasteiger partial charge is 0.393 e. The van der Waals surface area contributed by atoms with E-state index >= 15 is 0 Å². The standard InChI is InChI=1S/C12H18N4O2/c1-13-11-7-14-10(6-15-11)12(18)16-8-2-4-9(17)5-3-8/h6-9,17H,2-5H2,1H3,(H,13,15)(H,16,18). The first-order chi connectivity index (χ1) is 8.69. The second-order valence-electron chi connectivity index (χ2n) is 4.52. The van der Waals surface area contributed by atoms with Crippen LogP contribution in [-0.2, 0) is 0 Å². The van der Waals surface area contributed by atoms with Gasteiger partial charge in [0.05, 0.1) is 18.5 Å². The van der Waals surface area contributed by atoms with Gasteiger partial charge in [0.2, 0.25) is 0 Å². The van der Waals surface area contributed by atoms with Crippen LogP contribution in [0.2, 0.25) is 0 Å². The topological polar surface area (TPSA) is 87.1 Å². The van der Waals surface area contributed by atoms with E-state index in [1.807, 2.05) is 0 Å². The van der Waals surface area contributed by atoms with Crippen LogP contribution in [0, 0.1) is 0 Å². The summed E-state index contributed by atoms with van der Waals surface area (Å²) < 4.78 is 0. The maximum atomic E-state index is 11.9. The summed E-state index contributed by atoms with van der Waals surface area (Å²) in [5, 5.41) is 15.2. The molecule has 1 aliphatic rings. The number of nitrogens with one attached hydrogen (secondary N) is 2. The molecule has 0 radical (unpaired) electrons. The number of amides is 1. The molecule has 3 N–H and O–H groups in total. The minimum Gasteiger partial charge on any atom is -0.393 e. The van der Waals surface area contributed by atoms with Gasteiger partial charge < -0.3 is 15.7 Å². The Balaban J connectivity index is 1.90. The van der Waals surface area contributed by atoms with Crippen molar-refractivity contribution < 1.29 is 9.90 Å². The predicted molar refractivity (Wildman–Crippen MR) is 67.3 cm³/mol. The van der Waals surface area contributed by atoms with Crippen molar-refractivity contribution in [3.05, 3.63) is 18.1 Å². The highest BCUT2D eigenvalue weighted by atomic mass is 16.3. The van der Waals surface area contributed by atoms with Crippen molar-refractivity contribution in [1.29, 1.82) is 0 Å². The summed E-state index contributed by atoms with van der Waals surface area (Å²) >= 11 is 0. The maximum Gasteiger partial charge on any atom is 0.271 e.